The molecule has 0 spiro atoms. The second-order valence-electron chi connectivity index (χ2n) is 6.62. The highest BCUT2D eigenvalue weighted by Gasteiger charge is 2.30. The first kappa shape index (κ1) is 17.7. The fourth-order valence-electron chi connectivity index (χ4n) is 3.35. The molecule has 2 heterocycles. The van der Waals surface area contributed by atoms with Gasteiger partial charge in [0.15, 0.2) is 0 Å². The van der Waals surface area contributed by atoms with E-state index in [0.717, 1.165) is 39.4 Å². The molecule has 1 aliphatic heterocycles. The maximum absolute atomic E-state index is 13.2. The van der Waals surface area contributed by atoms with Gasteiger partial charge in [-0.2, -0.15) is 0 Å². The second-order valence-corrected chi connectivity index (χ2v) is 7.53. The van der Waals surface area contributed by atoms with E-state index in [2.05, 4.69) is 12.2 Å². The van der Waals surface area contributed by atoms with Crippen molar-refractivity contribution in [2.75, 3.05) is 11.9 Å². The molecule has 2 aromatic carbocycles. The predicted octanol–water partition coefficient (Wildman–Crippen LogP) is 5.82. The number of halogens is 1. The van der Waals surface area contributed by atoms with Crippen molar-refractivity contribution in [3.8, 4) is 16.9 Å². The molecule has 3 nitrogen and oxygen atoms in total. The van der Waals surface area contributed by atoms with Gasteiger partial charge in [0.05, 0.1) is 12.3 Å². The topological polar surface area (TPSA) is 38.3 Å². The number of fused-ring (bicyclic) bond motifs is 1. The average Bonchev–Trinajstić information content (AvgIpc) is 3.10. The monoisotopic (exact) mass is 381 g/mol. The molecular weight excluding hydrogens is 361 g/mol. The molecule has 0 bridgehead atoms. The Morgan fingerprint density at radius 1 is 1.15 bits per heavy atom. The van der Waals surface area contributed by atoms with Crippen LogP contribution in [0.25, 0.3) is 11.1 Å². The Kier molecular flexibility index (Phi) is 4.94. The van der Waals surface area contributed by atoms with Crippen LogP contribution in [0.4, 0.5) is 10.1 Å². The third-order valence-corrected chi connectivity index (χ3v) is 5.80. The molecule has 1 aromatic heterocycles. The summed E-state index contributed by atoms with van der Waals surface area (Å²) in [6.45, 7) is 2.77. The number of anilines is 1. The Morgan fingerprint density at radius 3 is 2.59 bits per heavy atom. The van der Waals surface area contributed by atoms with Crippen LogP contribution < -0.4 is 10.1 Å². The smallest absolute Gasteiger partial charge is 0.225 e. The zero-order valence-electron chi connectivity index (χ0n) is 15.0. The van der Waals surface area contributed by atoms with Crippen molar-refractivity contribution in [2.24, 2.45) is 0 Å². The molecule has 1 unspecified atom stereocenters. The summed E-state index contributed by atoms with van der Waals surface area (Å²) in [4.78, 5) is 13.5. The van der Waals surface area contributed by atoms with E-state index in [0.29, 0.717) is 13.0 Å². The number of amides is 1. The minimum absolute atomic E-state index is 0.000529. The van der Waals surface area contributed by atoms with E-state index >= 15 is 0 Å². The summed E-state index contributed by atoms with van der Waals surface area (Å²) in [5.74, 6) is 0.600. The lowest BCUT2D eigenvalue weighted by Crippen LogP contribution is -2.22. The molecule has 0 radical (unpaired) electrons. The van der Waals surface area contributed by atoms with Crippen molar-refractivity contribution in [3.63, 3.8) is 0 Å². The number of carbonyl (C=O) groups excluding carboxylic acids is 1. The lowest BCUT2D eigenvalue weighted by molar-refractivity contribution is -0.116. The van der Waals surface area contributed by atoms with E-state index < -0.39 is 0 Å². The quantitative estimate of drug-likeness (QED) is 0.605. The predicted molar refractivity (Wildman–Crippen MR) is 107 cm³/mol. The molecule has 0 fully saturated rings. The van der Waals surface area contributed by atoms with Crippen molar-refractivity contribution in [3.05, 3.63) is 70.2 Å². The maximum atomic E-state index is 13.2. The third-order valence-electron chi connectivity index (χ3n) is 4.70. The Bertz CT molecular complexity index is 947. The first-order valence-corrected chi connectivity index (χ1v) is 9.93. The molecule has 1 amide bonds. The van der Waals surface area contributed by atoms with Crippen LogP contribution in [-0.4, -0.2) is 12.5 Å². The fourth-order valence-corrected chi connectivity index (χ4v) is 4.52. The van der Waals surface area contributed by atoms with E-state index in [1.165, 1.54) is 12.1 Å². The molecule has 0 aliphatic carbocycles. The minimum atomic E-state index is -0.268. The highest BCUT2D eigenvalue weighted by molar-refractivity contribution is 7.11. The van der Waals surface area contributed by atoms with Gasteiger partial charge in [0.2, 0.25) is 5.91 Å². The van der Waals surface area contributed by atoms with Crippen molar-refractivity contribution in [1.82, 2.24) is 0 Å². The van der Waals surface area contributed by atoms with Gasteiger partial charge < -0.3 is 10.1 Å². The van der Waals surface area contributed by atoms with Gasteiger partial charge in [0.1, 0.15) is 11.6 Å². The number of rotatable bonds is 5. The van der Waals surface area contributed by atoms with Crippen LogP contribution in [0, 0.1) is 5.82 Å². The van der Waals surface area contributed by atoms with Gasteiger partial charge in [0, 0.05) is 28.2 Å². The summed E-state index contributed by atoms with van der Waals surface area (Å²) in [6, 6.07) is 14.4. The van der Waals surface area contributed by atoms with Crippen LogP contribution in [-0.2, 0) is 4.79 Å². The normalized spacial score (nSPS) is 15.9. The van der Waals surface area contributed by atoms with Crippen LogP contribution in [0.2, 0.25) is 0 Å². The first-order chi connectivity index (χ1) is 13.2. The Hall–Kier alpha value is -2.66. The number of nitrogens with one attached hydrogen (secondary N) is 1. The molecule has 5 heteroatoms. The highest BCUT2D eigenvalue weighted by atomic mass is 32.1. The summed E-state index contributed by atoms with van der Waals surface area (Å²) < 4.78 is 18.9. The van der Waals surface area contributed by atoms with E-state index in [1.807, 2.05) is 29.6 Å². The van der Waals surface area contributed by atoms with E-state index in [-0.39, 0.29) is 17.6 Å². The van der Waals surface area contributed by atoms with Crippen LogP contribution in [0.1, 0.15) is 36.1 Å². The number of hydrogen-bond acceptors (Lipinski definition) is 3. The van der Waals surface area contributed by atoms with Gasteiger partial charge in [-0.3, -0.25) is 4.79 Å². The van der Waals surface area contributed by atoms with Crippen molar-refractivity contribution in [2.45, 2.75) is 25.7 Å². The van der Waals surface area contributed by atoms with Crippen LogP contribution in [0.3, 0.4) is 0 Å². The molecule has 138 valence electrons. The fraction of sp³-hybridized carbons (Fsp3) is 0.227. The summed E-state index contributed by atoms with van der Waals surface area (Å²) in [5, 5.41) is 5.05. The second kappa shape index (κ2) is 7.53. The highest BCUT2D eigenvalue weighted by Crippen LogP contribution is 2.46. The molecule has 27 heavy (non-hydrogen) atoms. The summed E-state index contributed by atoms with van der Waals surface area (Å²) in [7, 11) is 0. The molecule has 0 saturated carbocycles. The standard InChI is InChI=1S/C22H20FNO2S/c1-2-11-26-17-9-5-14(6-10-17)18-12-20(25)24-21-19(13-27-22(18)21)15-3-7-16(23)8-4-15/h3-10,13,18H,2,11-12H2,1H3,(H,24,25). The Morgan fingerprint density at radius 2 is 1.89 bits per heavy atom. The molecule has 4 rings (SSSR count). The molecule has 3 aromatic rings. The van der Waals surface area contributed by atoms with Gasteiger partial charge in [-0.05, 0) is 41.8 Å². The number of carbonyl (C=O) groups is 1. The van der Waals surface area contributed by atoms with Gasteiger partial charge in [-0.1, -0.05) is 31.2 Å². The van der Waals surface area contributed by atoms with Crippen molar-refractivity contribution < 1.29 is 13.9 Å². The zero-order chi connectivity index (χ0) is 18.8. The van der Waals surface area contributed by atoms with Gasteiger partial charge in [0.25, 0.3) is 0 Å². The summed E-state index contributed by atoms with van der Waals surface area (Å²) in [5.41, 5.74) is 3.79. The maximum Gasteiger partial charge on any atom is 0.225 e. The third kappa shape index (κ3) is 3.60. The van der Waals surface area contributed by atoms with Gasteiger partial charge in [-0.15, -0.1) is 11.3 Å². The Labute approximate surface area is 161 Å². The number of benzene rings is 2. The molecule has 1 atom stereocenters. The number of hydrogen-bond donors (Lipinski definition) is 1. The Balaban J connectivity index is 1.67. The SMILES string of the molecule is CCCOc1ccc(C2CC(=O)Nc3c(-c4ccc(F)cc4)csc32)cc1. The first-order valence-electron chi connectivity index (χ1n) is 9.05. The van der Waals surface area contributed by atoms with Crippen molar-refractivity contribution >= 4 is 22.9 Å². The van der Waals surface area contributed by atoms with Gasteiger partial charge in [-0.25, -0.2) is 4.39 Å². The lowest BCUT2D eigenvalue weighted by Gasteiger charge is -2.24. The number of ether oxygens (including phenoxy) is 1. The van der Waals surface area contributed by atoms with Crippen molar-refractivity contribution in [1.29, 1.82) is 0 Å². The van der Waals surface area contributed by atoms with E-state index in [4.69, 9.17) is 4.74 Å². The molecule has 1 N–H and O–H groups in total. The van der Waals surface area contributed by atoms with Crippen LogP contribution in [0.15, 0.2) is 53.9 Å². The van der Waals surface area contributed by atoms with Crippen LogP contribution >= 0.6 is 11.3 Å². The minimum Gasteiger partial charge on any atom is -0.494 e. The van der Waals surface area contributed by atoms with Gasteiger partial charge >= 0.3 is 0 Å². The van der Waals surface area contributed by atoms with Crippen LogP contribution in [0.5, 0.6) is 5.75 Å². The molecule has 0 saturated heterocycles. The van der Waals surface area contributed by atoms with E-state index in [1.54, 1.807) is 23.5 Å². The zero-order valence-corrected chi connectivity index (χ0v) is 15.8. The molecular formula is C22H20FNO2S. The summed E-state index contributed by atoms with van der Waals surface area (Å²) in [6.07, 6.45) is 1.39. The summed E-state index contributed by atoms with van der Waals surface area (Å²) >= 11 is 1.63. The number of thiophene rings is 1. The lowest BCUT2D eigenvalue weighted by atomic mass is 9.89. The largest absolute Gasteiger partial charge is 0.494 e. The average molecular weight is 381 g/mol. The molecule has 1 aliphatic rings. The van der Waals surface area contributed by atoms with E-state index in [9.17, 15) is 9.18 Å².